The van der Waals surface area contributed by atoms with Crippen LogP contribution < -0.4 is 5.32 Å². The summed E-state index contributed by atoms with van der Waals surface area (Å²) in [4.78, 5) is 5.75. The first-order valence-corrected chi connectivity index (χ1v) is 8.53. The van der Waals surface area contributed by atoms with Gasteiger partial charge in [0.1, 0.15) is 0 Å². The zero-order valence-electron chi connectivity index (χ0n) is 11.5. The monoisotopic (exact) mass is 310 g/mol. The van der Waals surface area contributed by atoms with Crippen molar-refractivity contribution in [3.05, 3.63) is 64.5 Å². The molecule has 3 heterocycles. The summed E-state index contributed by atoms with van der Waals surface area (Å²) < 4.78 is 2.75. The van der Waals surface area contributed by atoms with E-state index < -0.39 is 0 Å². The van der Waals surface area contributed by atoms with E-state index >= 15 is 0 Å². The maximum absolute atomic E-state index is 4.39. The molecule has 0 spiro atoms. The smallest absolute Gasteiger partial charge is 0.0702 e. The number of rotatable bonds is 3. The number of pyridine rings is 1. The van der Waals surface area contributed by atoms with Gasteiger partial charge in [-0.05, 0) is 48.3 Å². The summed E-state index contributed by atoms with van der Waals surface area (Å²) in [7, 11) is 2.02. The van der Waals surface area contributed by atoms with Crippen molar-refractivity contribution >= 4 is 43.0 Å². The van der Waals surface area contributed by atoms with E-state index in [4.69, 9.17) is 0 Å². The quantitative estimate of drug-likeness (QED) is 0.587. The molecule has 0 fully saturated rings. The van der Waals surface area contributed by atoms with Gasteiger partial charge in [-0.2, -0.15) is 0 Å². The van der Waals surface area contributed by atoms with Gasteiger partial charge in [-0.15, -0.1) is 22.7 Å². The number of hydrogen-bond acceptors (Lipinski definition) is 4. The third kappa shape index (κ3) is 2.25. The first kappa shape index (κ1) is 13.0. The van der Waals surface area contributed by atoms with Crippen molar-refractivity contribution in [3.8, 4) is 0 Å². The van der Waals surface area contributed by atoms with Crippen LogP contribution in [0.3, 0.4) is 0 Å². The molecular formula is C17H14N2S2. The van der Waals surface area contributed by atoms with Crippen LogP contribution >= 0.6 is 22.7 Å². The highest BCUT2D eigenvalue weighted by atomic mass is 32.1. The predicted molar refractivity (Wildman–Crippen MR) is 92.3 cm³/mol. The molecule has 0 aliphatic rings. The predicted octanol–water partition coefficient (Wildman–Crippen LogP) is 4.82. The Bertz CT molecular complexity index is 879. The molecule has 1 atom stereocenters. The van der Waals surface area contributed by atoms with Crippen molar-refractivity contribution in [3.63, 3.8) is 0 Å². The van der Waals surface area contributed by atoms with Crippen LogP contribution in [0.4, 0.5) is 0 Å². The molecule has 4 heteroatoms. The van der Waals surface area contributed by atoms with E-state index in [0.717, 1.165) is 5.52 Å². The number of benzene rings is 1. The summed E-state index contributed by atoms with van der Waals surface area (Å²) in [5, 5.41) is 6.79. The second-order valence-corrected chi connectivity index (χ2v) is 7.04. The molecule has 4 aromatic rings. The lowest BCUT2D eigenvalue weighted by atomic mass is 10.0. The van der Waals surface area contributed by atoms with Gasteiger partial charge in [-0.1, -0.05) is 12.1 Å². The van der Waals surface area contributed by atoms with Crippen molar-refractivity contribution in [2.24, 2.45) is 0 Å². The van der Waals surface area contributed by atoms with Gasteiger partial charge in [0.2, 0.25) is 0 Å². The molecule has 104 valence electrons. The van der Waals surface area contributed by atoms with Crippen molar-refractivity contribution < 1.29 is 0 Å². The number of aromatic nitrogens is 1. The summed E-state index contributed by atoms with van der Waals surface area (Å²) >= 11 is 3.68. The summed E-state index contributed by atoms with van der Waals surface area (Å²) in [6, 6.07) is 15.4. The highest BCUT2D eigenvalue weighted by Crippen LogP contribution is 2.36. The Kier molecular flexibility index (Phi) is 3.22. The molecule has 0 aliphatic heterocycles. The first-order chi connectivity index (χ1) is 10.3. The fourth-order valence-electron chi connectivity index (χ4n) is 2.67. The number of hydrogen-bond donors (Lipinski definition) is 1. The molecule has 21 heavy (non-hydrogen) atoms. The number of nitrogens with one attached hydrogen (secondary N) is 1. The number of nitrogens with zero attached hydrogens (tertiary/aromatic N) is 1. The van der Waals surface area contributed by atoms with Crippen LogP contribution in [0.1, 0.15) is 16.5 Å². The Morgan fingerprint density at radius 2 is 2.05 bits per heavy atom. The third-order valence-electron chi connectivity index (χ3n) is 3.69. The minimum absolute atomic E-state index is 0.235. The van der Waals surface area contributed by atoms with Gasteiger partial charge in [-0.3, -0.25) is 4.98 Å². The van der Waals surface area contributed by atoms with Gasteiger partial charge in [0.25, 0.3) is 0 Å². The van der Waals surface area contributed by atoms with Gasteiger partial charge in [0, 0.05) is 25.9 Å². The molecular weight excluding hydrogens is 296 g/mol. The van der Waals surface area contributed by atoms with Gasteiger partial charge in [-0.25, -0.2) is 0 Å². The van der Waals surface area contributed by atoms with Crippen molar-refractivity contribution in [1.82, 2.24) is 10.3 Å². The molecule has 3 aromatic heterocycles. The maximum Gasteiger partial charge on any atom is 0.0702 e. The Hall–Kier alpha value is -1.75. The zero-order valence-corrected chi connectivity index (χ0v) is 13.2. The number of fused-ring (bicyclic) bond motifs is 2. The van der Waals surface area contributed by atoms with Crippen molar-refractivity contribution in [1.29, 1.82) is 0 Å². The lowest BCUT2D eigenvalue weighted by Crippen LogP contribution is -2.16. The first-order valence-electron chi connectivity index (χ1n) is 6.84. The topological polar surface area (TPSA) is 24.9 Å². The molecule has 0 saturated carbocycles. The van der Waals surface area contributed by atoms with Crippen LogP contribution in [-0.2, 0) is 0 Å². The number of thiophene rings is 2. The molecule has 1 unspecified atom stereocenters. The summed E-state index contributed by atoms with van der Waals surface area (Å²) in [5.74, 6) is 0. The van der Waals surface area contributed by atoms with Crippen LogP contribution in [0.5, 0.6) is 0 Å². The molecule has 0 radical (unpaired) electrons. The molecule has 2 nitrogen and oxygen atoms in total. The maximum atomic E-state index is 4.39. The lowest BCUT2D eigenvalue weighted by Gasteiger charge is -2.15. The Balaban J connectivity index is 1.81. The molecule has 1 N–H and O–H groups in total. The van der Waals surface area contributed by atoms with E-state index in [2.05, 4.69) is 52.1 Å². The van der Waals surface area contributed by atoms with Crippen molar-refractivity contribution in [2.75, 3.05) is 7.05 Å². The van der Waals surface area contributed by atoms with Gasteiger partial charge >= 0.3 is 0 Å². The van der Waals surface area contributed by atoms with Gasteiger partial charge < -0.3 is 5.32 Å². The average Bonchev–Trinajstić information content (AvgIpc) is 3.09. The molecule has 0 saturated heterocycles. The van der Waals surface area contributed by atoms with E-state index in [9.17, 15) is 0 Å². The highest BCUT2D eigenvalue weighted by molar-refractivity contribution is 7.27. The molecule has 0 amide bonds. The fraction of sp³-hybridized carbons (Fsp3) is 0.118. The van der Waals surface area contributed by atoms with Gasteiger partial charge in [0.15, 0.2) is 0 Å². The molecule has 0 aliphatic carbocycles. The minimum Gasteiger partial charge on any atom is -0.309 e. The Labute approximate surface area is 131 Å². The van der Waals surface area contributed by atoms with Gasteiger partial charge in [0.05, 0.1) is 11.6 Å². The van der Waals surface area contributed by atoms with Crippen LogP contribution in [0, 0.1) is 0 Å². The largest absolute Gasteiger partial charge is 0.309 e. The fourth-order valence-corrected chi connectivity index (χ4v) is 4.93. The van der Waals surface area contributed by atoms with Crippen LogP contribution in [0.25, 0.3) is 20.3 Å². The molecule has 1 aromatic carbocycles. The second kappa shape index (κ2) is 5.22. The van der Waals surface area contributed by atoms with Crippen molar-refractivity contribution in [2.45, 2.75) is 6.04 Å². The van der Waals surface area contributed by atoms with Crippen LogP contribution in [-0.4, -0.2) is 12.0 Å². The molecule has 0 bridgehead atoms. The van der Waals surface area contributed by atoms with E-state index in [1.54, 1.807) is 11.3 Å². The summed E-state index contributed by atoms with van der Waals surface area (Å²) in [6.45, 7) is 0. The summed E-state index contributed by atoms with van der Waals surface area (Å²) in [6.07, 6.45) is 1.84. The summed E-state index contributed by atoms with van der Waals surface area (Å²) in [5.41, 5.74) is 2.33. The second-order valence-electron chi connectivity index (χ2n) is 4.98. The third-order valence-corrected chi connectivity index (χ3v) is 5.85. The van der Waals surface area contributed by atoms with Crippen LogP contribution in [0.2, 0.25) is 0 Å². The Morgan fingerprint density at radius 1 is 1.10 bits per heavy atom. The highest BCUT2D eigenvalue weighted by Gasteiger charge is 2.16. The van der Waals surface area contributed by atoms with Crippen LogP contribution in [0.15, 0.2) is 54.0 Å². The molecule has 4 rings (SSSR count). The Morgan fingerprint density at radius 3 is 2.90 bits per heavy atom. The van der Waals surface area contributed by atoms with E-state index in [1.807, 2.05) is 30.6 Å². The zero-order chi connectivity index (χ0) is 14.2. The minimum atomic E-state index is 0.235. The van der Waals surface area contributed by atoms with E-state index in [-0.39, 0.29) is 6.04 Å². The standard InChI is InChI=1S/C17H14N2S2/c1-18-17(16-10-15-14(21-16)6-8-20-15)12-4-5-13-11(9-12)3-2-7-19-13/h2-10,17-18H,1H3. The lowest BCUT2D eigenvalue weighted by molar-refractivity contribution is 0.705. The average molecular weight is 310 g/mol. The normalized spacial score (nSPS) is 13.0. The van der Waals surface area contributed by atoms with E-state index in [1.165, 1.54) is 25.2 Å². The van der Waals surface area contributed by atoms with E-state index in [0.29, 0.717) is 0 Å². The SMILES string of the molecule is CNC(c1ccc2ncccc2c1)c1cc2sccc2s1.